The van der Waals surface area contributed by atoms with Crippen molar-refractivity contribution in [1.29, 1.82) is 0 Å². The number of nitrogens with zero attached hydrogens (tertiary/aromatic N) is 1. The van der Waals surface area contributed by atoms with Crippen molar-refractivity contribution in [3.05, 3.63) is 151 Å². The average Bonchev–Trinajstić information content (AvgIpc) is 3.63. The van der Waals surface area contributed by atoms with Crippen molar-refractivity contribution < 1.29 is 4.42 Å². The van der Waals surface area contributed by atoms with E-state index in [9.17, 15) is 0 Å². The van der Waals surface area contributed by atoms with Crippen LogP contribution in [0.4, 0.5) is 17.1 Å². The van der Waals surface area contributed by atoms with E-state index in [1.807, 2.05) is 6.07 Å². The van der Waals surface area contributed by atoms with Crippen LogP contribution in [0.15, 0.2) is 144 Å². The Labute approximate surface area is 278 Å². The van der Waals surface area contributed by atoms with E-state index in [2.05, 4.69) is 152 Å². The van der Waals surface area contributed by atoms with Crippen LogP contribution in [0.25, 0.3) is 44.2 Å². The molecular weight excluding hydrogens is 571 g/mol. The van der Waals surface area contributed by atoms with E-state index in [1.54, 1.807) is 0 Å². The van der Waals surface area contributed by atoms with Crippen molar-refractivity contribution in [2.75, 3.05) is 4.90 Å². The van der Waals surface area contributed by atoms with E-state index < -0.39 is 0 Å². The Bertz CT molecular complexity index is 2160. The molecule has 47 heavy (non-hydrogen) atoms. The molecule has 6 aromatic carbocycles. The summed E-state index contributed by atoms with van der Waals surface area (Å²) in [5.74, 6) is 0. The molecule has 0 atom stereocenters. The van der Waals surface area contributed by atoms with Crippen molar-refractivity contribution in [3.8, 4) is 22.3 Å². The van der Waals surface area contributed by atoms with Gasteiger partial charge in [-0.15, -0.1) is 0 Å². The SMILES string of the molecule is CCCCC1(CCCC)c2ccccc2-c2ccc(N(c3ccc(-c4ccccc4)cc3)c3ccc4oc5ccccc5c4c3)cc21. The Morgan fingerprint density at radius 1 is 0.489 bits per heavy atom. The smallest absolute Gasteiger partial charge is 0.135 e. The molecule has 0 aliphatic heterocycles. The van der Waals surface area contributed by atoms with Crippen LogP contribution in [0.3, 0.4) is 0 Å². The highest BCUT2D eigenvalue weighted by molar-refractivity contribution is 6.06. The molecule has 2 nitrogen and oxygen atoms in total. The van der Waals surface area contributed by atoms with Crippen molar-refractivity contribution >= 4 is 39.0 Å². The van der Waals surface area contributed by atoms with Gasteiger partial charge in [0, 0.05) is 33.2 Å². The van der Waals surface area contributed by atoms with Crippen LogP contribution in [0.5, 0.6) is 0 Å². The fourth-order valence-corrected chi connectivity index (χ4v) is 7.94. The number of hydrogen-bond acceptors (Lipinski definition) is 2. The summed E-state index contributed by atoms with van der Waals surface area (Å²) < 4.78 is 6.24. The normalized spacial score (nSPS) is 13.1. The number of furan rings is 1. The predicted molar refractivity (Wildman–Crippen MR) is 199 cm³/mol. The van der Waals surface area contributed by atoms with Gasteiger partial charge in [-0.2, -0.15) is 0 Å². The molecule has 0 saturated heterocycles. The van der Waals surface area contributed by atoms with Crippen LogP contribution >= 0.6 is 0 Å². The first kappa shape index (κ1) is 29.3. The fourth-order valence-electron chi connectivity index (χ4n) is 7.94. The number of unbranched alkanes of at least 4 members (excludes halogenated alkanes) is 2. The van der Waals surface area contributed by atoms with Gasteiger partial charge in [0.1, 0.15) is 11.2 Å². The minimum absolute atomic E-state index is 0.0293. The van der Waals surface area contributed by atoms with E-state index in [4.69, 9.17) is 4.42 Å². The van der Waals surface area contributed by atoms with Gasteiger partial charge in [0.2, 0.25) is 0 Å². The van der Waals surface area contributed by atoms with Gasteiger partial charge in [0.05, 0.1) is 0 Å². The summed E-state index contributed by atoms with van der Waals surface area (Å²) in [6, 6.07) is 51.1. The van der Waals surface area contributed by atoms with Gasteiger partial charge >= 0.3 is 0 Å². The van der Waals surface area contributed by atoms with Crippen molar-refractivity contribution in [2.24, 2.45) is 0 Å². The maximum atomic E-state index is 6.24. The minimum atomic E-state index is 0.0293. The van der Waals surface area contributed by atoms with Gasteiger partial charge in [-0.3, -0.25) is 0 Å². The summed E-state index contributed by atoms with van der Waals surface area (Å²) in [5, 5.41) is 2.28. The lowest BCUT2D eigenvalue weighted by Crippen LogP contribution is -2.25. The Kier molecular flexibility index (Phi) is 7.65. The molecular formula is C45H41NO. The second-order valence-corrected chi connectivity index (χ2v) is 13.1. The highest BCUT2D eigenvalue weighted by Crippen LogP contribution is 2.55. The monoisotopic (exact) mass is 611 g/mol. The number of benzene rings is 6. The van der Waals surface area contributed by atoms with Gasteiger partial charge < -0.3 is 9.32 Å². The highest BCUT2D eigenvalue weighted by atomic mass is 16.3. The first-order valence-electron chi connectivity index (χ1n) is 17.3. The van der Waals surface area contributed by atoms with Crippen molar-refractivity contribution in [1.82, 2.24) is 0 Å². The van der Waals surface area contributed by atoms with Gasteiger partial charge in [0.25, 0.3) is 0 Å². The van der Waals surface area contributed by atoms with Crippen LogP contribution in [0.2, 0.25) is 0 Å². The van der Waals surface area contributed by atoms with E-state index in [1.165, 1.54) is 77.6 Å². The number of anilines is 3. The van der Waals surface area contributed by atoms with E-state index >= 15 is 0 Å². The number of rotatable bonds is 10. The summed E-state index contributed by atoms with van der Waals surface area (Å²) in [6.07, 6.45) is 7.19. The fraction of sp³-hybridized carbons (Fsp3) is 0.200. The number of hydrogen-bond donors (Lipinski definition) is 0. The molecule has 1 aromatic heterocycles. The first-order chi connectivity index (χ1) is 23.2. The van der Waals surface area contributed by atoms with Crippen LogP contribution < -0.4 is 4.90 Å². The lowest BCUT2D eigenvalue weighted by atomic mass is 9.71. The minimum Gasteiger partial charge on any atom is -0.456 e. The molecule has 0 saturated carbocycles. The lowest BCUT2D eigenvalue weighted by Gasteiger charge is -2.34. The summed E-state index contributed by atoms with van der Waals surface area (Å²) in [4.78, 5) is 2.43. The Hall–Kier alpha value is -5.08. The number of para-hydroxylation sites is 1. The molecule has 0 radical (unpaired) electrons. The van der Waals surface area contributed by atoms with E-state index in [-0.39, 0.29) is 5.41 Å². The first-order valence-corrected chi connectivity index (χ1v) is 17.3. The van der Waals surface area contributed by atoms with Gasteiger partial charge in [-0.05, 0) is 94.8 Å². The highest BCUT2D eigenvalue weighted by Gasteiger charge is 2.42. The Morgan fingerprint density at radius 2 is 1.09 bits per heavy atom. The summed E-state index contributed by atoms with van der Waals surface area (Å²) in [5.41, 5.74) is 13.6. The third-order valence-electron chi connectivity index (χ3n) is 10.3. The van der Waals surface area contributed by atoms with Gasteiger partial charge in [0.15, 0.2) is 0 Å². The van der Waals surface area contributed by atoms with Crippen LogP contribution in [-0.2, 0) is 5.41 Å². The standard InChI is InChI=1S/C45H41NO/c1-3-5-28-45(29-6-4-2)41-18-12-10-16-37(41)38-26-24-36(31-42(38)45)46(34-22-20-33(21-23-34)32-14-8-7-9-15-32)35-25-27-44-40(30-35)39-17-11-13-19-43(39)47-44/h7-27,30-31H,3-6,28-29H2,1-2H3. The Morgan fingerprint density at radius 3 is 1.87 bits per heavy atom. The second-order valence-electron chi connectivity index (χ2n) is 13.1. The van der Waals surface area contributed by atoms with Gasteiger partial charge in [-0.25, -0.2) is 0 Å². The van der Waals surface area contributed by atoms with Gasteiger partial charge in [-0.1, -0.05) is 131 Å². The molecule has 7 aromatic rings. The summed E-state index contributed by atoms with van der Waals surface area (Å²) in [7, 11) is 0. The quantitative estimate of drug-likeness (QED) is 0.153. The zero-order chi connectivity index (χ0) is 31.8. The van der Waals surface area contributed by atoms with E-state index in [0.717, 1.165) is 33.3 Å². The zero-order valence-corrected chi connectivity index (χ0v) is 27.4. The molecule has 0 amide bonds. The van der Waals surface area contributed by atoms with E-state index in [0.29, 0.717) is 0 Å². The zero-order valence-electron chi connectivity index (χ0n) is 27.4. The van der Waals surface area contributed by atoms with Crippen molar-refractivity contribution in [2.45, 2.75) is 57.8 Å². The molecule has 1 heterocycles. The second kappa shape index (κ2) is 12.3. The van der Waals surface area contributed by atoms with Crippen LogP contribution in [0, 0.1) is 0 Å². The predicted octanol–water partition coefficient (Wildman–Crippen LogP) is 13.4. The molecule has 0 N–H and O–H groups in total. The van der Waals surface area contributed by atoms with Crippen LogP contribution in [-0.4, -0.2) is 0 Å². The third-order valence-corrected chi connectivity index (χ3v) is 10.3. The molecule has 1 aliphatic carbocycles. The topological polar surface area (TPSA) is 16.4 Å². The Balaban J connectivity index is 1.32. The summed E-state index contributed by atoms with van der Waals surface area (Å²) in [6.45, 7) is 4.64. The maximum absolute atomic E-state index is 6.24. The van der Waals surface area contributed by atoms with Crippen molar-refractivity contribution in [3.63, 3.8) is 0 Å². The molecule has 8 rings (SSSR count). The molecule has 1 aliphatic rings. The largest absolute Gasteiger partial charge is 0.456 e. The maximum Gasteiger partial charge on any atom is 0.135 e. The lowest BCUT2D eigenvalue weighted by molar-refractivity contribution is 0.414. The average molecular weight is 612 g/mol. The molecule has 0 unspecified atom stereocenters. The molecule has 0 fully saturated rings. The third kappa shape index (κ3) is 5.04. The molecule has 0 bridgehead atoms. The molecule has 2 heteroatoms. The summed E-state index contributed by atoms with van der Waals surface area (Å²) >= 11 is 0. The van der Waals surface area contributed by atoms with Crippen LogP contribution in [0.1, 0.15) is 63.5 Å². The molecule has 232 valence electrons. The molecule has 0 spiro atoms. The number of fused-ring (bicyclic) bond motifs is 6.